The molecule has 2 heterocycles. The van der Waals surface area contributed by atoms with Crippen LogP contribution in [0.4, 0.5) is 0 Å². The number of nitrogens with two attached hydrogens (primary N) is 1. The fraction of sp³-hybridized carbons (Fsp3) is 0.519. The molecule has 0 bridgehead atoms. The van der Waals surface area contributed by atoms with Crippen LogP contribution in [-0.4, -0.2) is 80.5 Å². The largest absolute Gasteiger partial charge is 0.481 e. The number of carboxylic acid groups (broad SMARTS) is 2. The SMILES string of the molecule is CCC(C)C(NC(=O)C1CCCN1C(=O)C(CCC(=O)O)NC(=O)C(N)Cc1c[nH]c2ccccc12)C(=O)O. The zero-order valence-electron chi connectivity index (χ0n) is 22.2. The molecule has 3 amide bonds. The highest BCUT2D eigenvalue weighted by molar-refractivity contribution is 5.95. The predicted molar refractivity (Wildman–Crippen MR) is 143 cm³/mol. The summed E-state index contributed by atoms with van der Waals surface area (Å²) in [5.74, 6) is -4.43. The maximum absolute atomic E-state index is 13.5. The molecular formula is C27H37N5O7. The number of hydrogen-bond acceptors (Lipinski definition) is 6. The summed E-state index contributed by atoms with van der Waals surface area (Å²) in [5.41, 5.74) is 7.89. The molecule has 0 spiro atoms. The molecule has 212 valence electrons. The molecule has 12 heteroatoms. The first-order chi connectivity index (χ1) is 18.5. The molecular weight excluding hydrogens is 506 g/mol. The van der Waals surface area contributed by atoms with Crippen LogP contribution in [0.2, 0.25) is 0 Å². The quantitative estimate of drug-likeness (QED) is 0.215. The Bertz CT molecular complexity index is 1210. The number of nitrogens with zero attached hydrogens (tertiary/aromatic N) is 1. The second-order valence-corrected chi connectivity index (χ2v) is 10.1. The van der Waals surface area contributed by atoms with E-state index >= 15 is 0 Å². The van der Waals surface area contributed by atoms with Crippen molar-refractivity contribution in [1.82, 2.24) is 20.5 Å². The summed E-state index contributed by atoms with van der Waals surface area (Å²) in [4.78, 5) is 66.9. The predicted octanol–water partition coefficient (Wildman–Crippen LogP) is 0.994. The molecule has 39 heavy (non-hydrogen) atoms. The van der Waals surface area contributed by atoms with Gasteiger partial charge in [0.2, 0.25) is 17.7 Å². The van der Waals surface area contributed by atoms with Gasteiger partial charge < -0.3 is 36.5 Å². The Hall–Kier alpha value is -3.93. The number of nitrogens with one attached hydrogen (secondary N) is 3. The molecule has 1 aliphatic rings. The van der Waals surface area contributed by atoms with Crippen molar-refractivity contribution in [1.29, 1.82) is 0 Å². The van der Waals surface area contributed by atoms with E-state index in [0.717, 1.165) is 16.5 Å². The van der Waals surface area contributed by atoms with Crippen LogP contribution in [0.5, 0.6) is 0 Å². The lowest BCUT2D eigenvalue weighted by molar-refractivity contribution is -0.146. The molecule has 1 aromatic heterocycles. The highest BCUT2D eigenvalue weighted by Crippen LogP contribution is 2.22. The van der Waals surface area contributed by atoms with Gasteiger partial charge in [0.05, 0.1) is 6.04 Å². The van der Waals surface area contributed by atoms with Crippen LogP contribution < -0.4 is 16.4 Å². The first-order valence-corrected chi connectivity index (χ1v) is 13.2. The molecule has 12 nitrogen and oxygen atoms in total. The van der Waals surface area contributed by atoms with Crippen molar-refractivity contribution in [3.63, 3.8) is 0 Å². The first kappa shape index (κ1) is 29.6. The van der Waals surface area contributed by atoms with Crippen LogP contribution in [0, 0.1) is 5.92 Å². The van der Waals surface area contributed by atoms with Crippen LogP contribution >= 0.6 is 0 Å². The summed E-state index contributed by atoms with van der Waals surface area (Å²) in [7, 11) is 0. The highest BCUT2D eigenvalue weighted by Gasteiger charge is 2.39. The number of benzene rings is 1. The number of likely N-dealkylation sites (tertiary alicyclic amines) is 1. The van der Waals surface area contributed by atoms with E-state index in [0.29, 0.717) is 19.3 Å². The summed E-state index contributed by atoms with van der Waals surface area (Å²) in [6.45, 7) is 3.75. The number of carbonyl (C=O) groups is 5. The molecule has 0 saturated carbocycles. The molecule has 5 atom stereocenters. The molecule has 2 aromatic rings. The molecule has 1 fully saturated rings. The number of hydrogen-bond donors (Lipinski definition) is 6. The summed E-state index contributed by atoms with van der Waals surface area (Å²) >= 11 is 0. The lowest BCUT2D eigenvalue weighted by Gasteiger charge is -2.30. The number of H-pyrrole nitrogens is 1. The maximum atomic E-state index is 13.5. The second kappa shape index (κ2) is 13.2. The van der Waals surface area contributed by atoms with Gasteiger partial charge in [-0.2, -0.15) is 0 Å². The monoisotopic (exact) mass is 543 g/mol. The molecule has 0 radical (unpaired) electrons. The number of para-hydroxylation sites is 1. The number of carbonyl (C=O) groups excluding carboxylic acids is 3. The van der Waals surface area contributed by atoms with Gasteiger partial charge in [0, 0.05) is 30.1 Å². The van der Waals surface area contributed by atoms with E-state index < -0.39 is 53.8 Å². The Morgan fingerprint density at radius 3 is 2.54 bits per heavy atom. The van der Waals surface area contributed by atoms with Gasteiger partial charge >= 0.3 is 11.9 Å². The zero-order chi connectivity index (χ0) is 28.7. The Kier molecular flexibility index (Phi) is 10.0. The van der Waals surface area contributed by atoms with Gasteiger partial charge in [0.15, 0.2) is 0 Å². The summed E-state index contributed by atoms with van der Waals surface area (Å²) in [6.07, 6.45) is 2.75. The van der Waals surface area contributed by atoms with E-state index in [2.05, 4.69) is 15.6 Å². The summed E-state index contributed by atoms with van der Waals surface area (Å²) < 4.78 is 0. The van der Waals surface area contributed by atoms with Crippen molar-refractivity contribution >= 4 is 40.6 Å². The van der Waals surface area contributed by atoms with Crippen molar-refractivity contribution in [2.24, 2.45) is 11.7 Å². The molecule has 1 aromatic carbocycles. The molecule has 3 rings (SSSR count). The van der Waals surface area contributed by atoms with Crippen molar-refractivity contribution in [3.05, 3.63) is 36.0 Å². The Morgan fingerprint density at radius 1 is 1.15 bits per heavy atom. The first-order valence-electron chi connectivity index (χ1n) is 13.2. The van der Waals surface area contributed by atoms with Crippen LogP contribution in [0.3, 0.4) is 0 Å². The smallest absolute Gasteiger partial charge is 0.326 e. The van der Waals surface area contributed by atoms with E-state index in [-0.39, 0.29) is 31.7 Å². The van der Waals surface area contributed by atoms with Crippen LogP contribution in [0.1, 0.15) is 51.5 Å². The third kappa shape index (κ3) is 7.34. The normalized spacial score (nSPS) is 18.2. The minimum atomic E-state index is -1.21. The maximum Gasteiger partial charge on any atom is 0.326 e. The van der Waals surface area contributed by atoms with Crippen molar-refractivity contribution in [2.45, 2.75) is 76.5 Å². The van der Waals surface area contributed by atoms with Crippen LogP contribution in [0.15, 0.2) is 30.5 Å². The minimum absolute atomic E-state index is 0.185. The zero-order valence-corrected chi connectivity index (χ0v) is 22.2. The summed E-state index contributed by atoms with van der Waals surface area (Å²) in [6, 6.07) is 3.31. The third-order valence-corrected chi connectivity index (χ3v) is 7.33. The number of aromatic nitrogens is 1. The fourth-order valence-corrected chi connectivity index (χ4v) is 4.87. The van der Waals surface area contributed by atoms with Crippen molar-refractivity contribution < 1.29 is 34.2 Å². The van der Waals surface area contributed by atoms with Gasteiger partial charge in [0.25, 0.3) is 0 Å². The van der Waals surface area contributed by atoms with Crippen LogP contribution in [-0.2, 0) is 30.4 Å². The van der Waals surface area contributed by atoms with E-state index in [1.165, 1.54) is 4.90 Å². The summed E-state index contributed by atoms with van der Waals surface area (Å²) in [5, 5.41) is 24.8. The number of rotatable bonds is 13. The van der Waals surface area contributed by atoms with E-state index in [9.17, 15) is 34.2 Å². The number of carboxylic acids is 2. The molecule has 5 unspecified atom stereocenters. The Morgan fingerprint density at radius 2 is 1.87 bits per heavy atom. The van der Waals surface area contributed by atoms with E-state index in [1.54, 1.807) is 13.1 Å². The third-order valence-electron chi connectivity index (χ3n) is 7.33. The van der Waals surface area contributed by atoms with E-state index in [1.807, 2.05) is 31.2 Å². The van der Waals surface area contributed by atoms with Gasteiger partial charge in [0.1, 0.15) is 18.1 Å². The topological polar surface area (TPSA) is 195 Å². The van der Waals surface area contributed by atoms with Crippen molar-refractivity contribution in [3.8, 4) is 0 Å². The number of aromatic amines is 1. The van der Waals surface area contributed by atoms with Crippen molar-refractivity contribution in [2.75, 3.05) is 6.54 Å². The number of fused-ring (bicyclic) bond motifs is 1. The van der Waals surface area contributed by atoms with Crippen LogP contribution in [0.25, 0.3) is 10.9 Å². The lowest BCUT2D eigenvalue weighted by Crippen LogP contribution is -2.57. The Balaban J connectivity index is 1.72. The lowest BCUT2D eigenvalue weighted by atomic mass is 9.98. The molecule has 1 saturated heterocycles. The number of aliphatic carboxylic acids is 2. The Labute approximate surface area is 226 Å². The highest BCUT2D eigenvalue weighted by atomic mass is 16.4. The van der Waals surface area contributed by atoms with Gasteiger partial charge in [-0.25, -0.2) is 4.79 Å². The van der Waals surface area contributed by atoms with Gasteiger partial charge in [-0.05, 0) is 43.2 Å². The minimum Gasteiger partial charge on any atom is -0.481 e. The average molecular weight is 544 g/mol. The van der Waals surface area contributed by atoms with Gasteiger partial charge in [-0.1, -0.05) is 38.5 Å². The number of amides is 3. The van der Waals surface area contributed by atoms with E-state index in [4.69, 9.17) is 5.73 Å². The standard InChI is InChI=1S/C27H37N5O7/c1-3-15(2)23(27(38)39)31-25(36)21-9-6-12-32(21)26(37)20(10-11-22(33)34)30-24(35)18(28)13-16-14-29-19-8-5-4-7-17(16)19/h4-5,7-8,14-15,18,20-21,23,29H,3,6,9-13,28H2,1-2H3,(H,30,35)(H,31,36)(H,33,34)(H,38,39). The second-order valence-electron chi connectivity index (χ2n) is 10.1. The molecule has 1 aliphatic heterocycles. The van der Waals surface area contributed by atoms with Gasteiger partial charge in [-0.3, -0.25) is 19.2 Å². The van der Waals surface area contributed by atoms with Gasteiger partial charge in [-0.15, -0.1) is 0 Å². The fourth-order valence-electron chi connectivity index (χ4n) is 4.87. The average Bonchev–Trinajstić information content (AvgIpc) is 3.56. The molecule has 7 N–H and O–H groups in total. The molecule has 0 aliphatic carbocycles.